The SMILES string of the molecule is CC(C)=O.CC1(C)OCC(CCCCO)O1.OCCCCC(O)CO. The molecular weight excluding hydrogens is 328 g/mol. The summed E-state index contributed by atoms with van der Waals surface area (Å²) in [5.74, 6) is -0.232. The van der Waals surface area contributed by atoms with Crippen molar-refractivity contribution in [2.24, 2.45) is 0 Å². The van der Waals surface area contributed by atoms with Crippen molar-refractivity contribution in [3.63, 3.8) is 0 Å². The normalized spacial score (nSPS) is 19.3. The quantitative estimate of drug-likeness (QED) is 0.456. The maximum absolute atomic E-state index is 9.44. The standard InChI is InChI=1S/C9H18O3.C6H14O3.C3H6O/c1-9(2)11-7-8(12-9)5-3-4-6-10;7-4-2-1-3-6(9)5-8;1-3(2)4/h8,10H,3-7H2,1-2H3;6-9H,1-5H2;1-2H3. The monoisotopic (exact) mass is 366 g/mol. The van der Waals surface area contributed by atoms with Gasteiger partial charge in [0.1, 0.15) is 5.78 Å². The van der Waals surface area contributed by atoms with Crippen LogP contribution in [-0.2, 0) is 14.3 Å². The van der Waals surface area contributed by atoms with E-state index in [1.165, 1.54) is 13.8 Å². The summed E-state index contributed by atoms with van der Waals surface area (Å²) in [5.41, 5.74) is 0. The van der Waals surface area contributed by atoms with E-state index in [1.54, 1.807) is 0 Å². The number of ether oxygens (including phenoxy) is 2. The van der Waals surface area contributed by atoms with Crippen LogP contribution in [-0.4, -0.2) is 70.6 Å². The van der Waals surface area contributed by atoms with Crippen molar-refractivity contribution in [2.45, 2.75) is 84.2 Å². The predicted octanol–water partition coefficient (Wildman–Crippen LogP) is 1.40. The highest BCUT2D eigenvalue weighted by Gasteiger charge is 2.31. The average Bonchev–Trinajstić information content (AvgIpc) is 2.87. The van der Waals surface area contributed by atoms with Gasteiger partial charge in [-0.3, -0.25) is 0 Å². The number of aliphatic hydroxyl groups excluding tert-OH is 4. The maximum atomic E-state index is 9.44. The van der Waals surface area contributed by atoms with E-state index in [0.29, 0.717) is 19.4 Å². The topological polar surface area (TPSA) is 116 Å². The summed E-state index contributed by atoms with van der Waals surface area (Å²) in [4.78, 5) is 9.44. The molecule has 0 amide bonds. The fraction of sp³-hybridized carbons (Fsp3) is 0.944. The molecule has 0 spiro atoms. The number of Topliss-reactive ketones (excluding diaryl/α,β-unsaturated/α-hetero) is 1. The number of hydrogen-bond donors (Lipinski definition) is 4. The van der Waals surface area contributed by atoms with Crippen molar-refractivity contribution in [3.05, 3.63) is 0 Å². The summed E-state index contributed by atoms with van der Waals surface area (Å²) >= 11 is 0. The largest absolute Gasteiger partial charge is 0.396 e. The molecule has 0 bridgehead atoms. The minimum atomic E-state index is -0.600. The van der Waals surface area contributed by atoms with Crippen LogP contribution in [0.2, 0.25) is 0 Å². The van der Waals surface area contributed by atoms with Gasteiger partial charge in [0.2, 0.25) is 0 Å². The Balaban J connectivity index is 0. The van der Waals surface area contributed by atoms with E-state index in [-0.39, 0.29) is 31.7 Å². The van der Waals surface area contributed by atoms with Crippen molar-refractivity contribution >= 4 is 5.78 Å². The fourth-order valence-electron chi connectivity index (χ4n) is 1.97. The Bertz CT molecular complexity index is 304. The van der Waals surface area contributed by atoms with Crippen LogP contribution < -0.4 is 0 Å². The summed E-state index contributed by atoms with van der Waals surface area (Å²) in [6.45, 7) is 7.87. The molecule has 2 unspecified atom stereocenters. The molecule has 0 radical (unpaired) electrons. The first-order valence-corrected chi connectivity index (χ1v) is 8.98. The molecule has 25 heavy (non-hydrogen) atoms. The molecule has 0 aromatic rings. The van der Waals surface area contributed by atoms with Crippen molar-refractivity contribution in [1.82, 2.24) is 0 Å². The van der Waals surface area contributed by atoms with Crippen LogP contribution in [0.25, 0.3) is 0 Å². The van der Waals surface area contributed by atoms with Crippen LogP contribution in [0.3, 0.4) is 0 Å². The summed E-state index contributed by atoms with van der Waals surface area (Å²) in [5, 5.41) is 34.0. The molecule has 1 heterocycles. The van der Waals surface area contributed by atoms with Gasteiger partial charge >= 0.3 is 0 Å². The van der Waals surface area contributed by atoms with Crippen LogP contribution in [0, 0.1) is 0 Å². The molecule has 152 valence electrons. The zero-order valence-electron chi connectivity index (χ0n) is 16.2. The summed E-state index contributed by atoms with van der Waals surface area (Å²) in [6, 6.07) is 0. The van der Waals surface area contributed by atoms with Gasteiger partial charge < -0.3 is 34.7 Å². The minimum Gasteiger partial charge on any atom is -0.396 e. The van der Waals surface area contributed by atoms with Gasteiger partial charge in [0.15, 0.2) is 5.79 Å². The number of unbranched alkanes of at least 4 members (excludes halogenated alkanes) is 2. The van der Waals surface area contributed by atoms with E-state index in [1.807, 2.05) is 13.8 Å². The Kier molecular flexibility index (Phi) is 18.0. The van der Waals surface area contributed by atoms with Crippen molar-refractivity contribution in [1.29, 1.82) is 0 Å². The second-order valence-corrected chi connectivity index (χ2v) is 6.63. The molecule has 0 aromatic heterocycles. The van der Waals surface area contributed by atoms with E-state index in [2.05, 4.69) is 0 Å². The van der Waals surface area contributed by atoms with Crippen LogP contribution in [0.5, 0.6) is 0 Å². The highest BCUT2D eigenvalue weighted by atomic mass is 16.7. The molecular formula is C18H38O7. The number of aliphatic hydroxyl groups is 4. The lowest BCUT2D eigenvalue weighted by molar-refractivity contribution is -0.139. The van der Waals surface area contributed by atoms with Crippen LogP contribution in [0.4, 0.5) is 0 Å². The minimum absolute atomic E-state index is 0.165. The third-order valence-electron chi connectivity index (χ3n) is 3.16. The maximum Gasteiger partial charge on any atom is 0.163 e. The van der Waals surface area contributed by atoms with Gasteiger partial charge in [-0.1, -0.05) is 0 Å². The van der Waals surface area contributed by atoms with Gasteiger partial charge in [0, 0.05) is 13.2 Å². The Morgan fingerprint density at radius 3 is 2.00 bits per heavy atom. The Labute approximate surface area is 152 Å². The Morgan fingerprint density at radius 1 is 1.08 bits per heavy atom. The van der Waals surface area contributed by atoms with E-state index >= 15 is 0 Å². The van der Waals surface area contributed by atoms with Crippen LogP contribution in [0.15, 0.2) is 0 Å². The van der Waals surface area contributed by atoms with E-state index in [4.69, 9.17) is 29.9 Å². The van der Waals surface area contributed by atoms with Crippen LogP contribution in [0.1, 0.15) is 66.2 Å². The molecule has 1 aliphatic rings. The average molecular weight is 366 g/mol. The lowest BCUT2D eigenvalue weighted by atomic mass is 10.2. The summed E-state index contributed by atoms with van der Waals surface area (Å²) in [6.07, 6.45) is 4.56. The van der Waals surface area contributed by atoms with Gasteiger partial charge in [-0.2, -0.15) is 0 Å². The first kappa shape index (κ1) is 26.7. The third-order valence-corrected chi connectivity index (χ3v) is 3.16. The molecule has 1 rings (SSSR count). The molecule has 2 atom stereocenters. The smallest absolute Gasteiger partial charge is 0.163 e. The molecule has 7 nitrogen and oxygen atoms in total. The highest BCUT2D eigenvalue weighted by Crippen LogP contribution is 2.24. The number of carbonyl (C=O) groups excluding carboxylic acids is 1. The number of ketones is 1. The van der Waals surface area contributed by atoms with Gasteiger partial charge in [0.05, 0.1) is 25.4 Å². The second kappa shape index (κ2) is 16.9. The first-order valence-electron chi connectivity index (χ1n) is 8.98. The zero-order valence-corrected chi connectivity index (χ0v) is 16.2. The fourth-order valence-corrected chi connectivity index (χ4v) is 1.97. The molecule has 0 saturated carbocycles. The highest BCUT2D eigenvalue weighted by molar-refractivity contribution is 5.72. The Hall–Kier alpha value is -0.570. The lowest BCUT2D eigenvalue weighted by Gasteiger charge is -2.16. The summed E-state index contributed by atoms with van der Waals surface area (Å²) < 4.78 is 11.0. The van der Waals surface area contributed by atoms with Gasteiger partial charge in [-0.25, -0.2) is 0 Å². The van der Waals surface area contributed by atoms with E-state index < -0.39 is 11.9 Å². The first-order chi connectivity index (χ1) is 11.7. The van der Waals surface area contributed by atoms with Crippen molar-refractivity contribution < 1.29 is 34.7 Å². The number of hydrogen-bond acceptors (Lipinski definition) is 7. The zero-order chi connectivity index (χ0) is 19.7. The Morgan fingerprint density at radius 2 is 1.60 bits per heavy atom. The molecule has 0 aliphatic carbocycles. The number of rotatable bonds is 9. The molecule has 0 aromatic carbocycles. The lowest BCUT2D eigenvalue weighted by Crippen LogP contribution is -2.21. The van der Waals surface area contributed by atoms with Gasteiger partial charge in [0.25, 0.3) is 0 Å². The van der Waals surface area contributed by atoms with Crippen molar-refractivity contribution in [3.8, 4) is 0 Å². The van der Waals surface area contributed by atoms with E-state index in [0.717, 1.165) is 25.7 Å². The molecule has 1 aliphatic heterocycles. The van der Waals surface area contributed by atoms with Crippen molar-refractivity contribution in [2.75, 3.05) is 26.4 Å². The van der Waals surface area contributed by atoms with Crippen LogP contribution >= 0.6 is 0 Å². The van der Waals surface area contributed by atoms with Gasteiger partial charge in [-0.05, 0) is 66.2 Å². The van der Waals surface area contributed by atoms with Gasteiger partial charge in [-0.15, -0.1) is 0 Å². The third kappa shape index (κ3) is 21.4. The molecule has 1 saturated heterocycles. The summed E-state index contributed by atoms with van der Waals surface area (Å²) in [7, 11) is 0. The predicted molar refractivity (Wildman–Crippen MR) is 96.2 cm³/mol. The second-order valence-electron chi connectivity index (χ2n) is 6.63. The molecule has 7 heteroatoms. The van der Waals surface area contributed by atoms with E-state index in [9.17, 15) is 4.79 Å². The molecule has 1 fully saturated rings. The molecule has 4 N–H and O–H groups in total. The number of carbonyl (C=O) groups is 1.